The van der Waals surface area contributed by atoms with E-state index in [0.717, 1.165) is 19.6 Å². The van der Waals surface area contributed by atoms with Gasteiger partial charge in [0.05, 0.1) is 0 Å². The SMILES string of the molecule is CCCCNCC1CNCCN1C. The van der Waals surface area contributed by atoms with Crippen molar-refractivity contribution in [1.82, 2.24) is 15.5 Å². The molecule has 1 fully saturated rings. The van der Waals surface area contributed by atoms with Crippen LogP contribution >= 0.6 is 0 Å². The molecule has 1 saturated heterocycles. The predicted molar refractivity (Wildman–Crippen MR) is 57.1 cm³/mol. The third kappa shape index (κ3) is 4.07. The summed E-state index contributed by atoms with van der Waals surface area (Å²) in [5.74, 6) is 0. The summed E-state index contributed by atoms with van der Waals surface area (Å²) in [6, 6.07) is 0.686. The fraction of sp³-hybridized carbons (Fsp3) is 1.00. The van der Waals surface area contributed by atoms with Crippen molar-refractivity contribution in [3.05, 3.63) is 0 Å². The van der Waals surface area contributed by atoms with E-state index in [4.69, 9.17) is 0 Å². The van der Waals surface area contributed by atoms with E-state index in [0.29, 0.717) is 6.04 Å². The molecule has 1 atom stereocenters. The van der Waals surface area contributed by atoms with Crippen LogP contribution in [0, 0.1) is 0 Å². The first-order valence-corrected chi connectivity index (χ1v) is 5.46. The highest BCUT2D eigenvalue weighted by molar-refractivity contribution is 4.78. The fourth-order valence-electron chi connectivity index (χ4n) is 1.66. The Kier molecular flexibility index (Phi) is 5.35. The smallest absolute Gasteiger partial charge is 0.0342 e. The highest BCUT2D eigenvalue weighted by Gasteiger charge is 2.17. The van der Waals surface area contributed by atoms with Crippen LogP contribution in [0.25, 0.3) is 0 Å². The van der Waals surface area contributed by atoms with Gasteiger partial charge < -0.3 is 10.6 Å². The van der Waals surface area contributed by atoms with Crippen LogP contribution in [0.2, 0.25) is 0 Å². The summed E-state index contributed by atoms with van der Waals surface area (Å²) in [5.41, 5.74) is 0. The molecule has 0 radical (unpaired) electrons. The van der Waals surface area contributed by atoms with E-state index in [1.54, 1.807) is 0 Å². The van der Waals surface area contributed by atoms with E-state index in [9.17, 15) is 0 Å². The van der Waals surface area contributed by atoms with Gasteiger partial charge in [-0.2, -0.15) is 0 Å². The average molecular weight is 185 g/mol. The van der Waals surface area contributed by atoms with Gasteiger partial charge in [-0.25, -0.2) is 0 Å². The Hall–Kier alpha value is -0.120. The van der Waals surface area contributed by atoms with Crippen LogP contribution < -0.4 is 10.6 Å². The van der Waals surface area contributed by atoms with Crippen LogP contribution in [0.5, 0.6) is 0 Å². The Morgan fingerprint density at radius 1 is 1.54 bits per heavy atom. The number of piperazine rings is 1. The largest absolute Gasteiger partial charge is 0.315 e. The van der Waals surface area contributed by atoms with Crippen molar-refractivity contribution in [3.63, 3.8) is 0 Å². The molecular formula is C10H23N3. The molecule has 0 aromatic rings. The standard InChI is InChI=1S/C10H23N3/c1-3-4-5-11-8-10-9-12-6-7-13(10)2/h10-12H,3-9H2,1-2H3. The molecule has 0 spiro atoms. The van der Waals surface area contributed by atoms with Crippen molar-refractivity contribution in [2.75, 3.05) is 39.8 Å². The maximum Gasteiger partial charge on any atom is 0.0342 e. The fourth-order valence-corrected chi connectivity index (χ4v) is 1.66. The van der Waals surface area contributed by atoms with E-state index in [-0.39, 0.29) is 0 Å². The summed E-state index contributed by atoms with van der Waals surface area (Å²) in [4.78, 5) is 2.44. The number of nitrogens with zero attached hydrogens (tertiary/aromatic N) is 1. The average Bonchev–Trinajstić information content (AvgIpc) is 2.15. The molecule has 0 bridgehead atoms. The summed E-state index contributed by atoms with van der Waals surface area (Å²) in [6.45, 7) is 7.98. The molecular weight excluding hydrogens is 162 g/mol. The second kappa shape index (κ2) is 6.35. The second-order valence-electron chi connectivity index (χ2n) is 3.90. The Balaban J connectivity index is 2.05. The summed E-state index contributed by atoms with van der Waals surface area (Å²) in [7, 11) is 2.22. The Bertz CT molecular complexity index is 127. The van der Waals surface area contributed by atoms with Crippen molar-refractivity contribution >= 4 is 0 Å². The van der Waals surface area contributed by atoms with Gasteiger partial charge in [-0.1, -0.05) is 13.3 Å². The Labute approximate surface area is 81.9 Å². The summed E-state index contributed by atoms with van der Waals surface area (Å²) in [5, 5.41) is 6.93. The minimum Gasteiger partial charge on any atom is -0.315 e. The van der Waals surface area contributed by atoms with Gasteiger partial charge in [0.2, 0.25) is 0 Å². The quantitative estimate of drug-likeness (QED) is 0.603. The normalized spacial score (nSPS) is 24.9. The molecule has 0 amide bonds. The molecule has 13 heavy (non-hydrogen) atoms. The third-order valence-corrected chi connectivity index (χ3v) is 2.73. The summed E-state index contributed by atoms with van der Waals surface area (Å²) < 4.78 is 0. The number of nitrogens with one attached hydrogen (secondary N) is 2. The Morgan fingerprint density at radius 2 is 2.38 bits per heavy atom. The topological polar surface area (TPSA) is 27.3 Å². The Morgan fingerprint density at radius 3 is 3.08 bits per heavy atom. The maximum absolute atomic E-state index is 3.50. The molecule has 0 aliphatic carbocycles. The molecule has 1 rings (SSSR count). The first-order chi connectivity index (χ1) is 6.34. The molecule has 0 aromatic carbocycles. The zero-order chi connectivity index (χ0) is 9.52. The zero-order valence-corrected chi connectivity index (χ0v) is 8.97. The molecule has 2 N–H and O–H groups in total. The van der Waals surface area contributed by atoms with Crippen LogP contribution in [0.3, 0.4) is 0 Å². The first-order valence-electron chi connectivity index (χ1n) is 5.46. The lowest BCUT2D eigenvalue weighted by Gasteiger charge is -2.33. The van der Waals surface area contributed by atoms with E-state index in [2.05, 4.69) is 29.5 Å². The van der Waals surface area contributed by atoms with Crippen LogP contribution in [0.15, 0.2) is 0 Å². The van der Waals surface area contributed by atoms with Crippen molar-refractivity contribution in [1.29, 1.82) is 0 Å². The highest BCUT2D eigenvalue weighted by Crippen LogP contribution is 1.97. The minimum atomic E-state index is 0.686. The van der Waals surface area contributed by atoms with Crippen LogP contribution in [0.4, 0.5) is 0 Å². The van der Waals surface area contributed by atoms with E-state index in [1.165, 1.54) is 25.9 Å². The van der Waals surface area contributed by atoms with Gasteiger partial charge in [-0.15, -0.1) is 0 Å². The molecule has 1 unspecified atom stereocenters. The van der Waals surface area contributed by atoms with E-state index >= 15 is 0 Å². The van der Waals surface area contributed by atoms with Gasteiger partial charge in [-0.05, 0) is 20.0 Å². The summed E-state index contributed by atoms with van der Waals surface area (Å²) >= 11 is 0. The minimum absolute atomic E-state index is 0.686. The lowest BCUT2D eigenvalue weighted by atomic mass is 10.2. The molecule has 3 nitrogen and oxygen atoms in total. The molecule has 0 aromatic heterocycles. The molecule has 0 saturated carbocycles. The molecule has 78 valence electrons. The van der Waals surface area contributed by atoms with Gasteiger partial charge >= 0.3 is 0 Å². The van der Waals surface area contributed by atoms with Crippen molar-refractivity contribution < 1.29 is 0 Å². The van der Waals surface area contributed by atoms with Gasteiger partial charge in [0.1, 0.15) is 0 Å². The van der Waals surface area contributed by atoms with Crippen LogP contribution in [-0.4, -0.2) is 50.7 Å². The van der Waals surface area contributed by atoms with E-state index in [1.807, 2.05) is 0 Å². The number of unbranched alkanes of at least 4 members (excludes halogenated alkanes) is 1. The third-order valence-electron chi connectivity index (χ3n) is 2.73. The van der Waals surface area contributed by atoms with Crippen molar-refractivity contribution in [2.24, 2.45) is 0 Å². The van der Waals surface area contributed by atoms with Gasteiger partial charge in [-0.3, -0.25) is 4.90 Å². The van der Waals surface area contributed by atoms with Gasteiger partial charge in [0.15, 0.2) is 0 Å². The van der Waals surface area contributed by atoms with Crippen LogP contribution in [0.1, 0.15) is 19.8 Å². The van der Waals surface area contributed by atoms with Crippen molar-refractivity contribution in [3.8, 4) is 0 Å². The lowest BCUT2D eigenvalue weighted by Crippen LogP contribution is -2.53. The molecule has 1 aliphatic heterocycles. The van der Waals surface area contributed by atoms with Crippen LogP contribution in [-0.2, 0) is 0 Å². The van der Waals surface area contributed by atoms with E-state index < -0.39 is 0 Å². The zero-order valence-electron chi connectivity index (χ0n) is 8.97. The maximum atomic E-state index is 3.50. The first kappa shape index (κ1) is 11.0. The number of hydrogen-bond donors (Lipinski definition) is 2. The number of rotatable bonds is 5. The monoisotopic (exact) mass is 185 g/mol. The molecule has 1 aliphatic rings. The van der Waals surface area contributed by atoms with Gasteiger partial charge in [0, 0.05) is 32.2 Å². The number of likely N-dealkylation sites (N-methyl/N-ethyl adjacent to an activating group) is 1. The molecule has 3 heteroatoms. The number of hydrogen-bond acceptors (Lipinski definition) is 3. The highest BCUT2D eigenvalue weighted by atomic mass is 15.2. The second-order valence-corrected chi connectivity index (χ2v) is 3.90. The predicted octanol–water partition coefficient (Wildman–Crippen LogP) is 0.280. The summed E-state index contributed by atoms with van der Waals surface area (Å²) in [6.07, 6.45) is 2.58. The molecule has 1 heterocycles. The lowest BCUT2D eigenvalue weighted by molar-refractivity contribution is 0.196. The van der Waals surface area contributed by atoms with Crippen molar-refractivity contribution in [2.45, 2.75) is 25.8 Å². The van der Waals surface area contributed by atoms with Gasteiger partial charge in [0.25, 0.3) is 0 Å².